The summed E-state index contributed by atoms with van der Waals surface area (Å²) < 4.78 is 11.2. The van der Waals surface area contributed by atoms with Crippen molar-refractivity contribution in [2.75, 3.05) is 13.2 Å². The van der Waals surface area contributed by atoms with Crippen LogP contribution in [0.5, 0.6) is 11.5 Å². The minimum absolute atomic E-state index is 0. The average Bonchev–Trinajstić information content (AvgIpc) is 2.64. The van der Waals surface area contributed by atoms with Crippen LogP contribution in [0.4, 0.5) is 0 Å². The van der Waals surface area contributed by atoms with E-state index in [1.165, 1.54) is 0 Å². The highest BCUT2D eigenvalue weighted by Gasteiger charge is 2.16. The molecule has 3 N–H and O–H groups in total. The summed E-state index contributed by atoms with van der Waals surface area (Å²) in [6.45, 7) is 6.93. The quantitative estimate of drug-likeness (QED) is 0.671. The summed E-state index contributed by atoms with van der Waals surface area (Å²) >= 11 is 0. The van der Waals surface area contributed by atoms with Gasteiger partial charge in [0.25, 0.3) is 0 Å². The first kappa shape index (κ1) is 22.8. The number of rotatable bonds is 9. The van der Waals surface area contributed by atoms with Crippen LogP contribution >= 0.6 is 12.4 Å². The van der Waals surface area contributed by atoms with Crippen LogP contribution in [0.15, 0.2) is 48.5 Å². The van der Waals surface area contributed by atoms with Gasteiger partial charge in [0.05, 0.1) is 19.3 Å². The molecule has 2 rings (SSSR count). The van der Waals surface area contributed by atoms with Crippen molar-refractivity contribution in [3.8, 4) is 11.5 Å². The highest BCUT2D eigenvalue weighted by Crippen LogP contribution is 2.30. The smallest absolute Gasteiger partial charge is 0.222 e. The second kappa shape index (κ2) is 11.5. The maximum Gasteiger partial charge on any atom is 0.222 e. The van der Waals surface area contributed by atoms with Crippen LogP contribution in [0, 0.1) is 0 Å². The van der Waals surface area contributed by atoms with Crippen molar-refractivity contribution >= 4 is 18.3 Å². The van der Waals surface area contributed by atoms with Crippen molar-refractivity contribution in [1.29, 1.82) is 0 Å². The SMILES string of the molecule is CCOc1ccc(C(C)NC(=O)CC(N)c2ccccc2)cc1OCC.Cl. The van der Waals surface area contributed by atoms with Gasteiger partial charge in [0.15, 0.2) is 11.5 Å². The molecule has 148 valence electrons. The lowest BCUT2D eigenvalue weighted by atomic mass is 10.0. The van der Waals surface area contributed by atoms with Gasteiger partial charge in [-0.05, 0) is 44.0 Å². The van der Waals surface area contributed by atoms with Gasteiger partial charge in [0.2, 0.25) is 5.91 Å². The van der Waals surface area contributed by atoms with E-state index in [2.05, 4.69) is 5.32 Å². The molecular formula is C21H29ClN2O3. The Morgan fingerprint density at radius 1 is 1.00 bits per heavy atom. The van der Waals surface area contributed by atoms with Crippen molar-refractivity contribution in [3.05, 3.63) is 59.7 Å². The zero-order chi connectivity index (χ0) is 18.9. The Morgan fingerprint density at radius 2 is 1.63 bits per heavy atom. The van der Waals surface area contributed by atoms with Crippen LogP contribution in [0.1, 0.15) is 50.4 Å². The molecule has 0 fully saturated rings. The molecule has 2 unspecified atom stereocenters. The Morgan fingerprint density at radius 3 is 2.26 bits per heavy atom. The second-order valence-corrected chi connectivity index (χ2v) is 6.08. The van der Waals surface area contributed by atoms with E-state index < -0.39 is 0 Å². The molecule has 2 aromatic rings. The summed E-state index contributed by atoms with van der Waals surface area (Å²) in [7, 11) is 0. The lowest BCUT2D eigenvalue weighted by Crippen LogP contribution is -2.29. The van der Waals surface area contributed by atoms with Crippen LogP contribution in [0.25, 0.3) is 0 Å². The molecule has 0 bridgehead atoms. The predicted molar refractivity (Wildman–Crippen MR) is 111 cm³/mol. The van der Waals surface area contributed by atoms with Gasteiger partial charge in [-0.15, -0.1) is 12.4 Å². The molecule has 0 heterocycles. The predicted octanol–water partition coefficient (Wildman–Crippen LogP) is 4.17. The molecule has 0 aliphatic heterocycles. The number of amides is 1. The molecule has 2 aromatic carbocycles. The van der Waals surface area contributed by atoms with E-state index in [4.69, 9.17) is 15.2 Å². The van der Waals surface area contributed by atoms with E-state index in [-0.39, 0.29) is 36.8 Å². The van der Waals surface area contributed by atoms with Gasteiger partial charge in [0, 0.05) is 12.5 Å². The molecule has 0 aliphatic rings. The largest absolute Gasteiger partial charge is 0.490 e. The summed E-state index contributed by atoms with van der Waals surface area (Å²) in [5.74, 6) is 1.32. The van der Waals surface area contributed by atoms with E-state index in [1.807, 2.05) is 69.3 Å². The summed E-state index contributed by atoms with van der Waals surface area (Å²) in [5.41, 5.74) is 8.04. The zero-order valence-electron chi connectivity index (χ0n) is 16.1. The number of benzene rings is 2. The van der Waals surface area contributed by atoms with Gasteiger partial charge in [-0.1, -0.05) is 36.4 Å². The van der Waals surface area contributed by atoms with Crippen LogP contribution in [-0.4, -0.2) is 19.1 Å². The molecule has 0 saturated heterocycles. The Kier molecular flexibility index (Phi) is 9.68. The van der Waals surface area contributed by atoms with Gasteiger partial charge in [-0.2, -0.15) is 0 Å². The van der Waals surface area contributed by atoms with Crippen molar-refractivity contribution in [3.63, 3.8) is 0 Å². The van der Waals surface area contributed by atoms with Crippen LogP contribution < -0.4 is 20.5 Å². The van der Waals surface area contributed by atoms with Crippen molar-refractivity contribution in [1.82, 2.24) is 5.32 Å². The first-order valence-corrected chi connectivity index (χ1v) is 9.04. The molecule has 0 spiro atoms. The van der Waals surface area contributed by atoms with E-state index in [9.17, 15) is 4.79 Å². The minimum Gasteiger partial charge on any atom is -0.490 e. The number of nitrogens with one attached hydrogen (secondary N) is 1. The number of nitrogens with two attached hydrogens (primary N) is 1. The summed E-state index contributed by atoms with van der Waals surface area (Å²) in [4.78, 5) is 12.3. The Bertz CT molecular complexity index is 710. The molecule has 0 aliphatic carbocycles. The maximum atomic E-state index is 12.3. The topological polar surface area (TPSA) is 73.6 Å². The van der Waals surface area contributed by atoms with E-state index >= 15 is 0 Å². The fourth-order valence-corrected chi connectivity index (χ4v) is 2.74. The van der Waals surface area contributed by atoms with E-state index in [1.54, 1.807) is 0 Å². The van der Waals surface area contributed by atoms with Crippen LogP contribution in [-0.2, 0) is 4.79 Å². The third-order valence-corrected chi connectivity index (χ3v) is 4.08. The van der Waals surface area contributed by atoms with Gasteiger partial charge in [-0.3, -0.25) is 4.79 Å². The molecule has 0 radical (unpaired) electrons. The lowest BCUT2D eigenvalue weighted by molar-refractivity contribution is -0.122. The number of halogens is 1. The highest BCUT2D eigenvalue weighted by atomic mass is 35.5. The number of carbonyl (C=O) groups excluding carboxylic acids is 1. The molecule has 6 heteroatoms. The van der Waals surface area contributed by atoms with E-state index in [0.29, 0.717) is 24.7 Å². The van der Waals surface area contributed by atoms with Crippen molar-refractivity contribution < 1.29 is 14.3 Å². The third kappa shape index (κ3) is 6.77. The number of ether oxygens (including phenoxy) is 2. The van der Waals surface area contributed by atoms with Crippen molar-refractivity contribution in [2.24, 2.45) is 5.73 Å². The Labute approximate surface area is 167 Å². The van der Waals surface area contributed by atoms with Gasteiger partial charge in [-0.25, -0.2) is 0 Å². The fraction of sp³-hybridized carbons (Fsp3) is 0.381. The fourth-order valence-electron chi connectivity index (χ4n) is 2.74. The van der Waals surface area contributed by atoms with Gasteiger partial charge in [0.1, 0.15) is 0 Å². The van der Waals surface area contributed by atoms with Gasteiger partial charge < -0.3 is 20.5 Å². The van der Waals surface area contributed by atoms with Crippen LogP contribution in [0.2, 0.25) is 0 Å². The summed E-state index contributed by atoms with van der Waals surface area (Å²) in [6, 6.07) is 14.9. The standard InChI is InChI=1S/C21H28N2O3.ClH/c1-4-25-19-12-11-17(13-20(19)26-5-2)15(3)23-21(24)14-18(22)16-9-7-6-8-10-16;/h6-13,15,18H,4-5,14,22H2,1-3H3,(H,23,24);1H. The number of hydrogen-bond donors (Lipinski definition) is 2. The highest BCUT2D eigenvalue weighted by molar-refractivity contribution is 5.85. The van der Waals surface area contributed by atoms with Gasteiger partial charge >= 0.3 is 0 Å². The molecule has 0 aromatic heterocycles. The molecule has 27 heavy (non-hydrogen) atoms. The Hall–Kier alpha value is -2.24. The number of carbonyl (C=O) groups is 1. The third-order valence-electron chi connectivity index (χ3n) is 4.08. The first-order valence-electron chi connectivity index (χ1n) is 9.04. The molecule has 1 amide bonds. The zero-order valence-corrected chi connectivity index (χ0v) is 16.9. The summed E-state index contributed by atoms with van der Waals surface area (Å²) in [5, 5.41) is 3.00. The molecular weight excluding hydrogens is 364 g/mol. The average molecular weight is 393 g/mol. The van der Waals surface area contributed by atoms with E-state index in [0.717, 1.165) is 11.1 Å². The molecule has 0 saturated carbocycles. The lowest BCUT2D eigenvalue weighted by Gasteiger charge is -2.19. The normalized spacial score (nSPS) is 12.4. The number of hydrogen-bond acceptors (Lipinski definition) is 4. The van der Waals surface area contributed by atoms with Crippen molar-refractivity contribution in [2.45, 2.75) is 39.3 Å². The molecule has 5 nitrogen and oxygen atoms in total. The maximum absolute atomic E-state index is 12.3. The van der Waals surface area contributed by atoms with Crippen LogP contribution in [0.3, 0.4) is 0 Å². The monoisotopic (exact) mass is 392 g/mol. The minimum atomic E-state index is -0.317. The molecule has 2 atom stereocenters. The Balaban J connectivity index is 0.00000364. The second-order valence-electron chi connectivity index (χ2n) is 6.08. The summed E-state index contributed by atoms with van der Waals surface area (Å²) in [6.07, 6.45) is 0.240. The first-order chi connectivity index (χ1) is 12.5.